The molecule has 0 saturated carbocycles. The van der Waals surface area contributed by atoms with Crippen molar-refractivity contribution < 1.29 is 38.7 Å². The molecular formula is C20H25NO8. The maximum atomic E-state index is 9.10. The molecule has 0 saturated heterocycles. The Morgan fingerprint density at radius 3 is 1.62 bits per heavy atom. The average molecular weight is 407 g/mol. The number of nitrogens with one attached hydrogen (secondary N) is 1. The van der Waals surface area contributed by atoms with Crippen LogP contribution in [0.25, 0.3) is 0 Å². The monoisotopic (exact) mass is 407 g/mol. The number of benzene rings is 2. The van der Waals surface area contributed by atoms with Crippen molar-refractivity contribution in [1.29, 1.82) is 0 Å². The minimum Gasteiger partial charge on any atom is -0.497 e. The summed E-state index contributed by atoms with van der Waals surface area (Å²) in [6, 6.07) is 11.9. The van der Waals surface area contributed by atoms with Crippen LogP contribution in [0.15, 0.2) is 36.4 Å². The second-order valence-corrected chi connectivity index (χ2v) is 5.60. The fourth-order valence-electron chi connectivity index (χ4n) is 2.33. The van der Waals surface area contributed by atoms with Gasteiger partial charge < -0.3 is 34.5 Å². The lowest BCUT2D eigenvalue weighted by Gasteiger charge is -2.14. The summed E-state index contributed by atoms with van der Waals surface area (Å²) in [5, 5.41) is 18.2. The number of methoxy groups -OCH3 is 4. The van der Waals surface area contributed by atoms with Crippen LogP contribution < -0.4 is 24.3 Å². The predicted molar refractivity (Wildman–Crippen MR) is 105 cm³/mol. The minimum absolute atomic E-state index is 0.605. The Balaban J connectivity index is 0.000000612. The first-order valence-electron chi connectivity index (χ1n) is 8.45. The summed E-state index contributed by atoms with van der Waals surface area (Å²) in [4.78, 5) is 18.2. The minimum atomic E-state index is -1.82. The van der Waals surface area contributed by atoms with Crippen LogP contribution in [0.2, 0.25) is 0 Å². The summed E-state index contributed by atoms with van der Waals surface area (Å²) in [5.74, 6) is -0.863. The Labute approximate surface area is 168 Å². The quantitative estimate of drug-likeness (QED) is 0.565. The molecule has 3 N–H and O–H groups in total. The van der Waals surface area contributed by atoms with E-state index in [1.807, 2.05) is 36.4 Å². The molecule has 0 aliphatic carbocycles. The van der Waals surface area contributed by atoms with Gasteiger partial charge in [0.05, 0.1) is 28.4 Å². The van der Waals surface area contributed by atoms with E-state index in [1.165, 1.54) is 5.56 Å². The number of carboxylic acids is 2. The lowest BCUT2D eigenvalue weighted by Crippen LogP contribution is -2.13. The van der Waals surface area contributed by atoms with Crippen molar-refractivity contribution in [1.82, 2.24) is 5.32 Å². The molecule has 2 aromatic rings. The van der Waals surface area contributed by atoms with Crippen molar-refractivity contribution in [3.63, 3.8) is 0 Å². The highest BCUT2D eigenvalue weighted by atomic mass is 16.5. The van der Waals surface area contributed by atoms with Gasteiger partial charge in [0.2, 0.25) is 5.75 Å². The van der Waals surface area contributed by atoms with Crippen LogP contribution in [0.3, 0.4) is 0 Å². The Morgan fingerprint density at radius 1 is 0.759 bits per heavy atom. The second-order valence-electron chi connectivity index (χ2n) is 5.60. The van der Waals surface area contributed by atoms with Crippen molar-refractivity contribution in [3.8, 4) is 23.0 Å². The number of hydrogen-bond acceptors (Lipinski definition) is 7. The van der Waals surface area contributed by atoms with Crippen LogP contribution in [0.1, 0.15) is 11.1 Å². The van der Waals surface area contributed by atoms with Crippen LogP contribution in [0.5, 0.6) is 23.0 Å². The van der Waals surface area contributed by atoms with Gasteiger partial charge in [0, 0.05) is 13.1 Å². The number of aliphatic carboxylic acids is 2. The largest absolute Gasteiger partial charge is 0.497 e. The highest BCUT2D eigenvalue weighted by molar-refractivity contribution is 6.27. The maximum absolute atomic E-state index is 9.10. The molecule has 0 heterocycles. The first-order valence-corrected chi connectivity index (χ1v) is 8.45. The van der Waals surface area contributed by atoms with E-state index in [1.54, 1.807) is 28.4 Å². The fraction of sp³-hybridized carbons (Fsp3) is 0.300. The third-order valence-corrected chi connectivity index (χ3v) is 3.72. The molecule has 0 amide bonds. The molecule has 0 atom stereocenters. The number of carbonyl (C=O) groups is 2. The van der Waals surface area contributed by atoms with Gasteiger partial charge in [-0.05, 0) is 35.4 Å². The highest BCUT2D eigenvalue weighted by Gasteiger charge is 2.12. The van der Waals surface area contributed by atoms with Gasteiger partial charge in [-0.3, -0.25) is 0 Å². The molecule has 0 aromatic heterocycles. The molecule has 0 radical (unpaired) electrons. The normalized spacial score (nSPS) is 9.66. The smallest absolute Gasteiger partial charge is 0.414 e. The summed E-state index contributed by atoms with van der Waals surface area (Å²) in [6.45, 7) is 1.46. The Hall–Kier alpha value is -3.46. The van der Waals surface area contributed by atoms with E-state index in [2.05, 4.69) is 5.32 Å². The summed E-state index contributed by atoms with van der Waals surface area (Å²) >= 11 is 0. The van der Waals surface area contributed by atoms with Crippen molar-refractivity contribution in [2.45, 2.75) is 13.1 Å². The van der Waals surface area contributed by atoms with Gasteiger partial charge in [0.1, 0.15) is 5.75 Å². The van der Waals surface area contributed by atoms with E-state index in [0.29, 0.717) is 23.8 Å². The van der Waals surface area contributed by atoms with Gasteiger partial charge in [-0.15, -0.1) is 0 Å². The molecular weight excluding hydrogens is 382 g/mol. The van der Waals surface area contributed by atoms with Crippen molar-refractivity contribution in [2.75, 3.05) is 28.4 Å². The van der Waals surface area contributed by atoms with E-state index in [0.717, 1.165) is 17.9 Å². The molecule has 0 unspecified atom stereocenters. The first-order chi connectivity index (χ1) is 13.9. The van der Waals surface area contributed by atoms with E-state index in [-0.39, 0.29) is 0 Å². The Morgan fingerprint density at radius 2 is 1.24 bits per heavy atom. The van der Waals surface area contributed by atoms with Crippen LogP contribution in [0.4, 0.5) is 0 Å². The molecule has 0 bridgehead atoms. The van der Waals surface area contributed by atoms with Crippen molar-refractivity contribution in [2.24, 2.45) is 0 Å². The molecule has 158 valence electrons. The zero-order valence-electron chi connectivity index (χ0n) is 16.7. The van der Waals surface area contributed by atoms with Crippen LogP contribution in [0, 0.1) is 0 Å². The van der Waals surface area contributed by atoms with Gasteiger partial charge in [-0.2, -0.15) is 0 Å². The second kappa shape index (κ2) is 12.1. The lowest BCUT2D eigenvalue weighted by atomic mass is 10.1. The van der Waals surface area contributed by atoms with Gasteiger partial charge >= 0.3 is 11.9 Å². The number of ether oxygens (including phenoxy) is 4. The van der Waals surface area contributed by atoms with Gasteiger partial charge in [0.15, 0.2) is 11.5 Å². The third kappa shape index (κ3) is 7.59. The Bertz CT molecular complexity index is 768. The standard InChI is InChI=1S/C18H23NO4.C2H2O4/c1-20-15-7-5-13(6-8-15)11-19-12-14-9-16(21-2)18(23-4)17(10-14)22-3;3-1(4)2(5)6/h5-10,19H,11-12H2,1-4H3;(H,3,4)(H,5,6). The number of rotatable bonds is 8. The average Bonchev–Trinajstić information content (AvgIpc) is 2.73. The predicted octanol–water partition coefficient (Wildman–Crippen LogP) is 2.17. The molecule has 2 aromatic carbocycles. The Kier molecular flexibility index (Phi) is 9.83. The molecule has 2 rings (SSSR count). The topological polar surface area (TPSA) is 124 Å². The molecule has 9 heteroatoms. The van der Waals surface area contributed by atoms with Crippen molar-refractivity contribution >= 4 is 11.9 Å². The summed E-state index contributed by atoms with van der Waals surface area (Å²) in [6.07, 6.45) is 0. The SMILES string of the molecule is COc1ccc(CNCc2cc(OC)c(OC)c(OC)c2)cc1.O=C(O)C(=O)O. The highest BCUT2D eigenvalue weighted by Crippen LogP contribution is 2.38. The third-order valence-electron chi connectivity index (χ3n) is 3.72. The molecule has 9 nitrogen and oxygen atoms in total. The summed E-state index contributed by atoms with van der Waals surface area (Å²) in [7, 11) is 6.50. The lowest BCUT2D eigenvalue weighted by molar-refractivity contribution is -0.159. The zero-order chi connectivity index (χ0) is 21.8. The van der Waals surface area contributed by atoms with E-state index >= 15 is 0 Å². The van der Waals surface area contributed by atoms with Gasteiger partial charge in [-0.1, -0.05) is 12.1 Å². The molecule has 0 fully saturated rings. The summed E-state index contributed by atoms with van der Waals surface area (Å²) in [5.41, 5.74) is 2.26. The van der Waals surface area contributed by atoms with Crippen LogP contribution in [-0.4, -0.2) is 50.6 Å². The van der Waals surface area contributed by atoms with Crippen LogP contribution >= 0.6 is 0 Å². The first kappa shape index (κ1) is 23.6. The maximum Gasteiger partial charge on any atom is 0.414 e. The van der Waals surface area contributed by atoms with Crippen LogP contribution in [-0.2, 0) is 22.7 Å². The molecule has 29 heavy (non-hydrogen) atoms. The van der Waals surface area contributed by atoms with Gasteiger partial charge in [-0.25, -0.2) is 9.59 Å². The number of hydrogen-bond donors (Lipinski definition) is 3. The van der Waals surface area contributed by atoms with E-state index in [4.69, 9.17) is 38.7 Å². The molecule has 0 aliphatic rings. The van der Waals surface area contributed by atoms with Crippen molar-refractivity contribution in [3.05, 3.63) is 47.5 Å². The zero-order valence-corrected chi connectivity index (χ0v) is 16.7. The summed E-state index contributed by atoms with van der Waals surface area (Å²) < 4.78 is 21.2. The van der Waals surface area contributed by atoms with E-state index in [9.17, 15) is 0 Å². The van der Waals surface area contributed by atoms with Gasteiger partial charge in [0.25, 0.3) is 0 Å². The molecule has 0 spiro atoms. The van der Waals surface area contributed by atoms with E-state index < -0.39 is 11.9 Å². The fourth-order valence-corrected chi connectivity index (χ4v) is 2.33. The molecule has 0 aliphatic heterocycles. The number of carboxylic acid groups (broad SMARTS) is 2.